The van der Waals surface area contributed by atoms with Gasteiger partial charge in [-0.05, 0) is 13.8 Å². The Morgan fingerprint density at radius 2 is 2.26 bits per heavy atom. The van der Waals surface area contributed by atoms with Crippen molar-refractivity contribution in [3.8, 4) is 0 Å². The smallest absolute Gasteiger partial charge is 0.236 e. The Kier molecular flexibility index (Phi) is 5.15. The summed E-state index contributed by atoms with van der Waals surface area (Å²) < 4.78 is 5.83. The quantitative estimate of drug-likeness (QED) is 0.675. The highest BCUT2D eigenvalue weighted by molar-refractivity contribution is 5.80. The van der Waals surface area contributed by atoms with Crippen molar-refractivity contribution in [2.45, 2.75) is 32.0 Å². The van der Waals surface area contributed by atoms with Crippen molar-refractivity contribution in [3.05, 3.63) is 0 Å². The van der Waals surface area contributed by atoms with Crippen LogP contribution in [0, 0.1) is 0 Å². The Hall–Kier alpha value is -0.690. The standard InChI is InChI=1S/C13H26N4O2/c1-10(2)16-5-6-19-11(8-16)9-17-4-3-15-7-12(17)13(14)18/h10-12,15H,3-9H2,1-2H3,(H2,14,18). The Bertz CT molecular complexity index is 311. The van der Waals surface area contributed by atoms with Crippen LogP contribution in [0.2, 0.25) is 0 Å². The van der Waals surface area contributed by atoms with Crippen molar-refractivity contribution < 1.29 is 9.53 Å². The summed E-state index contributed by atoms with van der Waals surface area (Å²) >= 11 is 0. The largest absolute Gasteiger partial charge is 0.374 e. The molecule has 6 heteroatoms. The number of hydrogen-bond acceptors (Lipinski definition) is 5. The summed E-state index contributed by atoms with van der Waals surface area (Å²) in [5, 5.41) is 3.22. The zero-order chi connectivity index (χ0) is 13.8. The SMILES string of the molecule is CC(C)N1CCOC(CN2CCNCC2C(N)=O)C1. The number of nitrogens with two attached hydrogens (primary N) is 1. The predicted molar refractivity (Wildman–Crippen MR) is 73.9 cm³/mol. The second-order valence-electron chi connectivity index (χ2n) is 5.70. The fraction of sp³-hybridized carbons (Fsp3) is 0.923. The van der Waals surface area contributed by atoms with Crippen LogP contribution in [0.4, 0.5) is 0 Å². The Morgan fingerprint density at radius 1 is 1.47 bits per heavy atom. The van der Waals surface area contributed by atoms with Crippen LogP contribution in [-0.2, 0) is 9.53 Å². The van der Waals surface area contributed by atoms with E-state index in [1.165, 1.54) is 0 Å². The van der Waals surface area contributed by atoms with Crippen molar-refractivity contribution in [1.29, 1.82) is 0 Å². The molecule has 2 rings (SSSR count). The van der Waals surface area contributed by atoms with Gasteiger partial charge in [0.1, 0.15) is 6.04 Å². The third-order valence-corrected chi connectivity index (χ3v) is 4.02. The van der Waals surface area contributed by atoms with E-state index in [9.17, 15) is 4.79 Å². The van der Waals surface area contributed by atoms with E-state index >= 15 is 0 Å². The van der Waals surface area contributed by atoms with Gasteiger partial charge in [-0.3, -0.25) is 14.6 Å². The molecule has 2 aliphatic heterocycles. The van der Waals surface area contributed by atoms with Gasteiger partial charge in [-0.25, -0.2) is 0 Å². The van der Waals surface area contributed by atoms with Crippen LogP contribution >= 0.6 is 0 Å². The molecule has 0 aliphatic carbocycles. The lowest BCUT2D eigenvalue weighted by atomic mass is 10.1. The number of primary amides is 1. The minimum absolute atomic E-state index is 0.177. The molecule has 0 saturated carbocycles. The molecule has 3 N–H and O–H groups in total. The highest BCUT2D eigenvalue weighted by atomic mass is 16.5. The maximum Gasteiger partial charge on any atom is 0.236 e. The van der Waals surface area contributed by atoms with Crippen molar-refractivity contribution in [2.75, 3.05) is 45.9 Å². The molecule has 0 aromatic heterocycles. The first-order valence-corrected chi connectivity index (χ1v) is 7.17. The van der Waals surface area contributed by atoms with Crippen molar-refractivity contribution in [1.82, 2.24) is 15.1 Å². The molecule has 0 radical (unpaired) electrons. The number of nitrogens with zero attached hydrogens (tertiary/aromatic N) is 2. The molecule has 2 fully saturated rings. The van der Waals surface area contributed by atoms with Gasteiger partial charge >= 0.3 is 0 Å². The van der Waals surface area contributed by atoms with Gasteiger partial charge in [0.25, 0.3) is 0 Å². The number of piperazine rings is 1. The number of carbonyl (C=O) groups is 1. The van der Waals surface area contributed by atoms with E-state index in [2.05, 4.69) is 29.0 Å². The Balaban J connectivity index is 1.89. The van der Waals surface area contributed by atoms with Gasteiger partial charge in [-0.2, -0.15) is 0 Å². The molecular weight excluding hydrogens is 244 g/mol. The molecule has 19 heavy (non-hydrogen) atoms. The first-order valence-electron chi connectivity index (χ1n) is 7.17. The monoisotopic (exact) mass is 270 g/mol. The van der Waals surface area contributed by atoms with E-state index in [1.807, 2.05) is 0 Å². The second kappa shape index (κ2) is 6.65. The molecule has 6 nitrogen and oxygen atoms in total. The summed E-state index contributed by atoms with van der Waals surface area (Å²) in [7, 11) is 0. The molecule has 0 spiro atoms. The van der Waals surface area contributed by atoms with Gasteiger partial charge in [-0.1, -0.05) is 0 Å². The molecule has 1 amide bonds. The Labute approximate surface area is 115 Å². The highest BCUT2D eigenvalue weighted by Gasteiger charge is 2.31. The molecule has 2 aliphatic rings. The predicted octanol–water partition coefficient (Wildman–Crippen LogP) is -1.15. The van der Waals surface area contributed by atoms with Gasteiger partial charge < -0.3 is 15.8 Å². The third-order valence-electron chi connectivity index (χ3n) is 4.02. The van der Waals surface area contributed by atoms with Gasteiger partial charge in [0.15, 0.2) is 0 Å². The molecule has 2 heterocycles. The zero-order valence-corrected chi connectivity index (χ0v) is 12.0. The average molecular weight is 270 g/mol. The van der Waals surface area contributed by atoms with Crippen molar-refractivity contribution in [2.24, 2.45) is 5.73 Å². The molecule has 2 unspecified atom stereocenters. The van der Waals surface area contributed by atoms with E-state index < -0.39 is 0 Å². The molecule has 110 valence electrons. The van der Waals surface area contributed by atoms with E-state index in [4.69, 9.17) is 10.5 Å². The molecule has 0 aromatic rings. The fourth-order valence-corrected chi connectivity index (χ4v) is 2.83. The van der Waals surface area contributed by atoms with E-state index in [0.717, 1.165) is 39.3 Å². The summed E-state index contributed by atoms with van der Waals surface area (Å²) in [6, 6.07) is 0.341. The number of carbonyl (C=O) groups excluding carboxylic acids is 1. The van der Waals surface area contributed by atoms with Crippen LogP contribution < -0.4 is 11.1 Å². The van der Waals surface area contributed by atoms with E-state index in [0.29, 0.717) is 12.6 Å². The van der Waals surface area contributed by atoms with E-state index in [1.54, 1.807) is 0 Å². The highest BCUT2D eigenvalue weighted by Crippen LogP contribution is 2.12. The maximum absolute atomic E-state index is 11.5. The summed E-state index contributed by atoms with van der Waals surface area (Å²) in [6.45, 7) is 10.3. The molecule has 0 aromatic carbocycles. The van der Waals surface area contributed by atoms with E-state index in [-0.39, 0.29) is 18.1 Å². The normalized spacial score (nSPS) is 30.7. The summed E-state index contributed by atoms with van der Waals surface area (Å²) in [5.74, 6) is -0.247. The van der Waals surface area contributed by atoms with Crippen molar-refractivity contribution in [3.63, 3.8) is 0 Å². The third kappa shape index (κ3) is 3.89. The first kappa shape index (κ1) is 14.7. The topological polar surface area (TPSA) is 70.8 Å². The van der Waals surface area contributed by atoms with Gasteiger partial charge in [0.2, 0.25) is 5.91 Å². The van der Waals surface area contributed by atoms with Crippen LogP contribution in [-0.4, -0.2) is 79.8 Å². The van der Waals surface area contributed by atoms with Crippen molar-refractivity contribution >= 4 is 5.91 Å². The lowest BCUT2D eigenvalue weighted by molar-refractivity contribution is -0.125. The number of hydrogen-bond donors (Lipinski definition) is 2. The first-order chi connectivity index (χ1) is 9.08. The van der Waals surface area contributed by atoms with Crippen LogP contribution in [0.25, 0.3) is 0 Å². The van der Waals surface area contributed by atoms with Crippen LogP contribution in [0.3, 0.4) is 0 Å². The zero-order valence-electron chi connectivity index (χ0n) is 12.0. The number of rotatable bonds is 4. The number of nitrogens with one attached hydrogen (secondary N) is 1. The minimum Gasteiger partial charge on any atom is -0.374 e. The van der Waals surface area contributed by atoms with Gasteiger partial charge in [0, 0.05) is 45.3 Å². The number of ether oxygens (including phenoxy) is 1. The second-order valence-corrected chi connectivity index (χ2v) is 5.70. The number of morpholine rings is 1. The van der Waals surface area contributed by atoms with Gasteiger partial charge in [-0.15, -0.1) is 0 Å². The maximum atomic E-state index is 11.5. The van der Waals surface area contributed by atoms with Crippen LogP contribution in [0.15, 0.2) is 0 Å². The molecule has 2 atom stereocenters. The Morgan fingerprint density at radius 3 is 2.95 bits per heavy atom. The summed E-state index contributed by atoms with van der Waals surface area (Å²) in [4.78, 5) is 16.1. The van der Waals surface area contributed by atoms with Crippen LogP contribution in [0.5, 0.6) is 0 Å². The number of amides is 1. The average Bonchev–Trinajstić information content (AvgIpc) is 2.39. The lowest BCUT2D eigenvalue weighted by Crippen LogP contribution is -2.60. The summed E-state index contributed by atoms with van der Waals surface area (Å²) in [5.41, 5.74) is 5.47. The molecule has 0 bridgehead atoms. The fourth-order valence-electron chi connectivity index (χ4n) is 2.83. The molecular formula is C13H26N4O2. The summed E-state index contributed by atoms with van der Waals surface area (Å²) in [6.07, 6.45) is 0.177. The van der Waals surface area contributed by atoms with Gasteiger partial charge in [0.05, 0.1) is 12.7 Å². The lowest BCUT2D eigenvalue weighted by Gasteiger charge is -2.40. The molecule has 2 saturated heterocycles. The van der Waals surface area contributed by atoms with Crippen LogP contribution in [0.1, 0.15) is 13.8 Å². The minimum atomic E-state index is -0.247.